The molecular formula is C19H22N6O. The minimum Gasteiger partial charge on any atom is -0.394 e. The van der Waals surface area contributed by atoms with Crippen molar-refractivity contribution in [3.8, 4) is 12.1 Å². The van der Waals surface area contributed by atoms with E-state index in [1.807, 2.05) is 30.3 Å². The van der Waals surface area contributed by atoms with Gasteiger partial charge < -0.3 is 15.7 Å². The van der Waals surface area contributed by atoms with E-state index in [1.54, 1.807) is 6.08 Å². The summed E-state index contributed by atoms with van der Waals surface area (Å²) < 4.78 is 1.34. The lowest BCUT2D eigenvalue weighted by Crippen LogP contribution is -2.21. The van der Waals surface area contributed by atoms with Crippen molar-refractivity contribution >= 4 is 23.2 Å². The normalized spacial score (nSPS) is 11.0. The number of anilines is 2. The molecule has 0 aliphatic rings. The van der Waals surface area contributed by atoms with Crippen LogP contribution in [0.4, 0.5) is 11.5 Å². The molecule has 1 aromatic heterocycles. The first kappa shape index (κ1) is 19.0. The summed E-state index contributed by atoms with van der Waals surface area (Å²) in [4.78, 5) is 2.23. The number of benzene rings is 1. The van der Waals surface area contributed by atoms with Crippen LogP contribution < -0.4 is 10.6 Å². The summed E-state index contributed by atoms with van der Waals surface area (Å²) in [6, 6.07) is 11.9. The van der Waals surface area contributed by atoms with E-state index in [1.165, 1.54) is 4.68 Å². The van der Waals surface area contributed by atoms with E-state index in [0.717, 1.165) is 24.3 Å². The molecule has 134 valence electrons. The van der Waals surface area contributed by atoms with E-state index in [0.29, 0.717) is 0 Å². The van der Waals surface area contributed by atoms with Gasteiger partial charge in [-0.05, 0) is 37.6 Å². The van der Waals surface area contributed by atoms with E-state index in [2.05, 4.69) is 29.9 Å². The second kappa shape index (κ2) is 8.70. The number of nitrogen functional groups attached to an aromatic ring is 1. The van der Waals surface area contributed by atoms with Gasteiger partial charge >= 0.3 is 0 Å². The summed E-state index contributed by atoms with van der Waals surface area (Å²) in [7, 11) is 0. The third-order valence-electron chi connectivity index (χ3n) is 4.12. The maximum atomic E-state index is 9.53. The van der Waals surface area contributed by atoms with Gasteiger partial charge in [0.25, 0.3) is 0 Å². The van der Waals surface area contributed by atoms with Crippen LogP contribution in [-0.2, 0) is 6.54 Å². The van der Waals surface area contributed by atoms with Crippen LogP contribution in [0.15, 0.2) is 24.3 Å². The van der Waals surface area contributed by atoms with Crippen molar-refractivity contribution in [2.45, 2.75) is 20.4 Å². The van der Waals surface area contributed by atoms with Gasteiger partial charge in [-0.2, -0.15) is 15.6 Å². The molecule has 7 heteroatoms. The number of nitrogens with two attached hydrogens (primary N) is 1. The van der Waals surface area contributed by atoms with Crippen LogP contribution in [0.2, 0.25) is 0 Å². The van der Waals surface area contributed by atoms with Crippen molar-refractivity contribution < 1.29 is 5.11 Å². The molecule has 26 heavy (non-hydrogen) atoms. The molecule has 0 amide bonds. The Morgan fingerprint density at radius 2 is 1.92 bits per heavy atom. The zero-order valence-corrected chi connectivity index (χ0v) is 15.0. The Kier molecular flexibility index (Phi) is 6.37. The van der Waals surface area contributed by atoms with Gasteiger partial charge in [0.2, 0.25) is 0 Å². The number of hydrogen-bond donors (Lipinski definition) is 2. The zero-order valence-electron chi connectivity index (χ0n) is 15.0. The van der Waals surface area contributed by atoms with Crippen LogP contribution in [0.5, 0.6) is 0 Å². The van der Waals surface area contributed by atoms with Crippen LogP contribution in [0, 0.1) is 22.7 Å². The van der Waals surface area contributed by atoms with E-state index < -0.39 is 0 Å². The van der Waals surface area contributed by atoms with Gasteiger partial charge in [-0.3, -0.25) is 0 Å². The van der Waals surface area contributed by atoms with Crippen molar-refractivity contribution in [1.29, 1.82) is 10.5 Å². The Bertz CT molecular complexity index is 863. The smallest absolute Gasteiger partial charge is 0.140 e. The topological polar surface area (TPSA) is 115 Å². The molecule has 0 aliphatic heterocycles. The van der Waals surface area contributed by atoms with Crippen LogP contribution in [0.1, 0.15) is 30.7 Å². The van der Waals surface area contributed by atoms with Gasteiger partial charge in [0.05, 0.1) is 18.7 Å². The maximum Gasteiger partial charge on any atom is 0.140 e. The summed E-state index contributed by atoms with van der Waals surface area (Å²) in [6.07, 6.45) is 1.68. The fourth-order valence-corrected chi connectivity index (χ4v) is 2.73. The number of nitriles is 2. The molecule has 0 radical (unpaired) electrons. The molecule has 3 N–H and O–H groups in total. The maximum absolute atomic E-state index is 9.53. The lowest BCUT2D eigenvalue weighted by Gasteiger charge is -2.20. The van der Waals surface area contributed by atoms with Crippen molar-refractivity contribution in [1.82, 2.24) is 9.78 Å². The molecule has 0 saturated heterocycles. The van der Waals surface area contributed by atoms with Gasteiger partial charge in [-0.15, -0.1) is 0 Å². The Labute approximate surface area is 153 Å². The van der Waals surface area contributed by atoms with Crippen LogP contribution in [-0.4, -0.2) is 34.6 Å². The first-order chi connectivity index (χ1) is 12.6. The summed E-state index contributed by atoms with van der Waals surface area (Å²) in [5.41, 5.74) is 8.46. The highest BCUT2D eigenvalue weighted by Crippen LogP contribution is 2.25. The third kappa shape index (κ3) is 3.85. The Hall–Kier alpha value is -3.29. The van der Waals surface area contributed by atoms with E-state index in [4.69, 9.17) is 10.8 Å². The zero-order chi connectivity index (χ0) is 19.1. The molecule has 0 spiro atoms. The number of nitrogens with zero attached hydrogens (tertiary/aromatic N) is 5. The van der Waals surface area contributed by atoms with Gasteiger partial charge in [0.15, 0.2) is 0 Å². The number of allylic oxidation sites excluding steroid dienone is 1. The summed E-state index contributed by atoms with van der Waals surface area (Å²) >= 11 is 0. The van der Waals surface area contributed by atoms with E-state index in [-0.39, 0.29) is 35.8 Å². The Balaban J connectivity index is 2.42. The van der Waals surface area contributed by atoms with Crippen LogP contribution in [0.3, 0.4) is 0 Å². The third-order valence-corrected chi connectivity index (χ3v) is 4.12. The fourth-order valence-electron chi connectivity index (χ4n) is 2.73. The van der Waals surface area contributed by atoms with Crippen molar-refractivity contribution in [2.24, 2.45) is 0 Å². The highest BCUT2D eigenvalue weighted by molar-refractivity contribution is 5.91. The Morgan fingerprint density at radius 1 is 1.27 bits per heavy atom. The number of aliphatic hydroxyl groups excluding tert-OH is 1. The summed E-state index contributed by atoms with van der Waals surface area (Å²) in [6.45, 7) is 6.04. The predicted molar refractivity (Wildman–Crippen MR) is 102 cm³/mol. The van der Waals surface area contributed by atoms with Crippen LogP contribution >= 0.6 is 0 Å². The Morgan fingerprint density at radius 3 is 2.42 bits per heavy atom. The molecule has 1 aromatic carbocycles. The van der Waals surface area contributed by atoms with Gasteiger partial charge in [-0.25, -0.2) is 4.68 Å². The fraction of sp³-hybridized carbons (Fsp3) is 0.316. The molecule has 0 bridgehead atoms. The highest BCUT2D eigenvalue weighted by Gasteiger charge is 2.18. The number of rotatable bonds is 7. The lowest BCUT2D eigenvalue weighted by atomic mass is 10.1. The summed E-state index contributed by atoms with van der Waals surface area (Å²) in [5.74, 6) is 0.148. The van der Waals surface area contributed by atoms with Crippen molar-refractivity contribution in [3.63, 3.8) is 0 Å². The van der Waals surface area contributed by atoms with Crippen molar-refractivity contribution in [2.75, 3.05) is 30.3 Å². The largest absolute Gasteiger partial charge is 0.394 e. The minimum atomic E-state index is -0.158. The molecule has 7 nitrogen and oxygen atoms in total. The average molecular weight is 350 g/mol. The molecule has 1 heterocycles. The molecule has 0 fully saturated rings. The number of aliphatic hydroxyl groups is 1. The lowest BCUT2D eigenvalue weighted by molar-refractivity contribution is 0.270. The van der Waals surface area contributed by atoms with Crippen LogP contribution in [0.25, 0.3) is 11.6 Å². The van der Waals surface area contributed by atoms with Gasteiger partial charge in [0, 0.05) is 18.8 Å². The predicted octanol–water partition coefficient (Wildman–Crippen LogP) is 2.24. The van der Waals surface area contributed by atoms with E-state index in [9.17, 15) is 10.5 Å². The quantitative estimate of drug-likeness (QED) is 0.740. The molecule has 2 aromatic rings. The average Bonchev–Trinajstić information content (AvgIpc) is 2.97. The number of hydrogen-bond acceptors (Lipinski definition) is 6. The molecule has 2 rings (SSSR count). The molecule has 0 unspecified atom stereocenters. The first-order valence-corrected chi connectivity index (χ1v) is 8.43. The second-order valence-electron chi connectivity index (χ2n) is 5.60. The summed E-state index contributed by atoms with van der Waals surface area (Å²) in [5, 5.41) is 32.2. The molecular weight excluding hydrogens is 328 g/mol. The number of aromatic nitrogens is 2. The monoisotopic (exact) mass is 350 g/mol. The molecule has 0 aliphatic carbocycles. The van der Waals surface area contributed by atoms with Gasteiger partial charge in [0.1, 0.15) is 29.2 Å². The van der Waals surface area contributed by atoms with Gasteiger partial charge in [-0.1, -0.05) is 12.1 Å². The second-order valence-corrected chi connectivity index (χ2v) is 5.60. The molecule has 0 saturated carbocycles. The highest BCUT2D eigenvalue weighted by atomic mass is 16.3. The minimum absolute atomic E-state index is 0.144. The first-order valence-electron chi connectivity index (χ1n) is 8.43. The van der Waals surface area contributed by atoms with E-state index >= 15 is 0 Å². The molecule has 0 atom stereocenters. The SMILES string of the molecule is CCN(CC)c1ccc(/C=C(/C#N)c2nn(CCO)c(N)c2C#N)cc1. The standard InChI is InChI=1S/C19H22N6O/c1-3-24(4-2)16-7-5-14(6-8-16)11-15(12-20)18-17(13-21)19(22)25(23-18)9-10-26/h5-8,11,26H,3-4,9-10,22H2,1-2H3/b15-11-. The van der Waals surface area contributed by atoms with Crippen molar-refractivity contribution in [3.05, 3.63) is 41.1 Å².